The molecule has 152 valence electrons. The van der Waals surface area contributed by atoms with Gasteiger partial charge >= 0.3 is 0 Å². The van der Waals surface area contributed by atoms with Gasteiger partial charge in [0.15, 0.2) is 0 Å². The van der Waals surface area contributed by atoms with Gasteiger partial charge in [-0.1, -0.05) is 12.1 Å². The van der Waals surface area contributed by atoms with E-state index in [2.05, 4.69) is 9.80 Å². The van der Waals surface area contributed by atoms with Gasteiger partial charge in [0.05, 0.1) is 18.2 Å². The maximum atomic E-state index is 13.5. The number of aromatic hydroxyl groups is 1. The third-order valence-corrected chi connectivity index (χ3v) is 5.49. The number of aliphatic hydroxyl groups is 1. The molecule has 0 amide bonds. The Bertz CT molecular complexity index is 858. The highest BCUT2D eigenvalue weighted by molar-refractivity contribution is 5.41. The Balaban J connectivity index is 2.06. The average Bonchev–Trinajstić information content (AvgIpc) is 2.67. The molecule has 6 nitrogen and oxygen atoms in total. The van der Waals surface area contributed by atoms with Gasteiger partial charge in [-0.25, -0.2) is 4.39 Å². The number of aryl methyl sites for hydroxylation is 1. The van der Waals surface area contributed by atoms with Crippen LogP contribution < -0.4 is 5.56 Å². The van der Waals surface area contributed by atoms with E-state index in [1.807, 2.05) is 6.92 Å². The van der Waals surface area contributed by atoms with Crippen molar-refractivity contribution >= 4 is 0 Å². The summed E-state index contributed by atoms with van der Waals surface area (Å²) >= 11 is 0. The highest BCUT2D eigenvalue weighted by Gasteiger charge is 2.31. The first-order valence-corrected chi connectivity index (χ1v) is 9.72. The number of nitrogens with zero attached hydrogens (tertiary/aromatic N) is 3. The fourth-order valence-electron chi connectivity index (χ4n) is 4.01. The molecule has 1 aliphatic heterocycles. The number of β-amino-alcohol motifs (C(OH)–C–C–N with tert-alkyl or cyclic N) is 1. The largest absolute Gasteiger partial charge is 0.507 e. The highest BCUT2D eigenvalue weighted by Crippen LogP contribution is 2.33. The molecule has 0 spiro atoms. The van der Waals surface area contributed by atoms with Crippen LogP contribution >= 0.6 is 0 Å². The van der Waals surface area contributed by atoms with E-state index < -0.39 is 6.04 Å². The number of aromatic nitrogens is 1. The predicted octanol–water partition coefficient (Wildman–Crippen LogP) is 1.72. The second-order valence-electron chi connectivity index (χ2n) is 7.19. The number of halogens is 1. The van der Waals surface area contributed by atoms with Gasteiger partial charge in [-0.3, -0.25) is 14.6 Å². The SMILES string of the molecule is CCn1c(C)cc(O)c([C@@H](c2ccc(F)cc2)N2CCN(CCO)CC2)c1=O. The molecule has 1 atom stereocenters. The number of hydrogen-bond donors (Lipinski definition) is 2. The van der Waals surface area contributed by atoms with Gasteiger partial charge in [0, 0.05) is 45.0 Å². The molecule has 2 heterocycles. The summed E-state index contributed by atoms with van der Waals surface area (Å²) in [6.45, 7) is 7.82. The zero-order valence-corrected chi connectivity index (χ0v) is 16.4. The Labute approximate surface area is 164 Å². The molecule has 0 unspecified atom stereocenters. The van der Waals surface area contributed by atoms with Crippen molar-refractivity contribution in [1.29, 1.82) is 0 Å². The van der Waals surface area contributed by atoms with Gasteiger partial charge in [0.25, 0.3) is 5.56 Å². The molecule has 2 N–H and O–H groups in total. The van der Waals surface area contributed by atoms with Gasteiger partial charge in [-0.05, 0) is 37.6 Å². The monoisotopic (exact) mass is 389 g/mol. The Morgan fingerprint density at radius 2 is 1.79 bits per heavy atom. The van der Waals surface area contributed by atoms with Crippen molar-refractivity contribution < 1.29 is 14.6 Å². The summed E-state index contributed by atoms with van der Waals surface area (Å²) in [4.78, 5) is 17.5. The first kappa shape index (κ1) is 20.5. The zero-order valence-electron chi connectivity index (χ0n) is 16.4. The van der Waals surface area contributed by atoms with E-state index in [4.69, 9.17) is 5.11 Å². The predicted molar refractivity (Wildman–Crippen MR) is 106 cm³/mol. The Morgan fingerprint density at radius 1 is 1.14 bits per heavy atom. The Hall–Kier alpha value is -2.22. The minimum absolute atomic E-state index is 0.0284. The molecule has 0 bridgehead atoms. The summed E-state index contributed by atoms with van der Waals surface area (Å²) in [5.74, 6) is -0.367. The molecule has 1 aromatic heterocycles. The number of benzene rings is 1. The van der Waals surface area contributed by atoms with Crippen LogP contribution in [0.4, 0.5) is 4.39 Å². The zero-order chi connectivity index (χ0) is 20.3. The lowest BCUT2D eigenvalue weighted by Gasteiger charge is -2.39. The van der Waals surface area contributed by atoms with Gasteiger partial charge < -0.3 is 14.8 Å². The van der Waals surface area contributed by atoms with Crippen molar-refractivity contribution in [2.75, 3.05) is 39.3 Å². The summed E-state index contributed by atoms with van der Waals surface area (Å²) in [6.07, 6.45) is 0. The smallest absolute Gasteiger partial charge is 0.259 e. The third kappa shape index (κ3) is 4.11. The van der Waals surface area contributed by atoms with E-state index in [9.17, 15) is 14.3 Å². The fourth-order valence-corrected chi connectivity index (χ4v) is 4.01. The van der Waals surface area contributed by atoms with Crippen LogP contribution in [0.2, 0.25) is 0 Å². The standard InChI is InChI=1S/C21H28FN3O3/c1-3-25-15(2)14-18(27)19(21(25)28)20(16-4-6-17(22)7-5-16)24-10-8-23(9-11-24)12-13-26/h4-7,14,20,26-27H,3,8-13H2,1-2H3/t20-/m1/s1. The number of rotatable bonds is 6. The first-order chi connectivity index (χ1) is 13.5. The van der Waals surface area contributed by atoms with Crippen molar-refractivity contribution in [2.45, 2.75) is 26.4 Å². The average molecular weight is 389 g/mol. The molecule has 1 fully saturated rings. The van der Waals surface area contributed by atoms with Crippen LogP contribution in [0, 0.1) is 12.7 Å². The molecule has 0 radical (unpaired) electrons. The van der Waals surface area contributed by atoms with Gasteiger partial charge in [-0.15, -0.1) is 0 Å². The molecule has 1 saturated heterocycles. The molecule has 7 heteroatoms. The van der Waals surface area contributed by atoms with Crippen molar-refractivity contribution in [3.05, 3.63) is 63.3 Å². The summed E-state index contributed by atoms with van der Waals surface area (Å²) in [5, 5.41) is 19.9. The lowest BCUT2D eigenvalue weighted by atomic mass is 9.96. The van der Waals surface area contributed by atoms with Gasteiger partial charge in [0.2, 0.25) is 0 Å². The second-order valence-corrected chi connectivity index (χ2v) is 7.19. The van der Waals surface area contributed by atoms with E-state index in [0.717, 1.165) is 18.7 Å². The topological polar surface area (TPSA) is 68.9 Å². The van der Waals surface area contributed by atoms with E-state index in [1.165, 1.54) is 12.1 Å². The summed E-state index contributed by atoms with van der Waals surface area (Å²) in [7, 11) is 0. The van der Waals surface area contributed by atoms with Crippen LogP contribution in [0.15, 0.2) is 35.1 Å². The lowest BCUT2D eigenvalue weighted by molar-refractivity contribution is 0.0932. The minimum atomic E-state index is -0.456. The van der Waals surface area contributed by atoms with E-state index in [-0.39, 0.29) is 23.7 Å². The van der Waals surface area contributed by atoms with Crippen LogP contribution in [-0.2, 0) is 6.54 Å². The van der Waals surface area contributed by atoms with Crippen molar-refractivity contribution in [3.8, 4) is 5.75 Å². The maximum Gasteiger partial charge on any atom is 0.259 e. The normalized spacial score (nSPS) is 17.0. The first-order valence-electron chi connectivity index (χ1n) is 9.72. The van der Waals surface area contributed by atoms with Crippen LogP contribution in [0.1, 0.15) is 29.8 Å². The highest BCUT2D eigenvalue weighted by atomic mass is 19.1. The van der Waals surface area contributed by atoms with Crippen LogP contribution in [0.25, 0.3) is 0 Å². The van der Waals surface area contributed by atoms with Crippen LogP contribution in [0.3, 0.4) is 0 Å². The van der Waals surface area contributed by atoms with Crippen molar-refractivity contribution in [1.82, 2.24) is 14.4 Å². The second kappa shape index (κ2) is 8.86. The summed E-state index contributed by atoms with van der Waals surface area (Å²) in [5.41, 5.74) is 1.59. The molecule has 3 rings (SSSR count). The van der Waals surface area contributed by atoms with E-state index in [0.29, 0.717) is 37.4 Å². The van der Waals surface area contributed by atoms with Crippen molar-refractivity contribution in [3.63, 3.8) is 0 Å². The van der Waals surface area contributed by atoms with Crippen molar-refractivity contribution in [2.24, 2.45) is 0 Å². The fraction of sp³-hybridized carbons (Fsp3) is 0.476. The van der Waals surface area contributed by atoms with Gasteiger partial charge in [0.1, 0.15) is 11.6 Å². The van der Waals surface area contributed by atoms with E-state index >= 15 is 0 Å². The molecule has 1 aliphatic rings. The number of aliphatic hydroxyl groups excluding tert-OH is 1. The van der Waals surface area contributed by atoms with Crippen LogP contribution in [-0.4, -0.2) is 63.9 Å². The summed E-state index contributed by atoms with van der Waals surface area (Å²) in [6, 6.07) is 7.29. The van der Waals surface area contributed by atoms with Crippen LogP contribution in [0.5, 0.6) is 5.75 Å². The summed E-state index contributed by atoms with van der Waals surface area (Å²) < 4.78 is 15.1. The molecular weight excluding hydrogens is 361 g/mol. The van der Waals surface area contributed by atoms with Gasteiger partial charge in [-0.2, -0.15) is 0 Å². The third-order valence-electron chi connectivity index (χ3n) is 5.49. The number of hydrogen-bond acceptors (Lipinski definition) is 5. The molecular formula is C21H28FN3O3. The number of pyridine rings is 1. The lowest BCUT2D eigenvalue weighted by Crippen LogP contribution is -2.49. The Morgan fingerprint density at radius 3 is 2.36 bits per heavy atom. The minimum Gasteiger partial charge on any atom is -0.507 e. The maximum absolute atomic E-state index is 13.5. The van der Waals surface area contributed by atoms with E-state index in [1.54, 1.807) is 29.7 Å². The molecule has 0 saturated carbocycles. The Kier molecular flexibility index (Phi) is 6.49. The molecule has 28 heavy (non-hydrogen) atoms. The number of piperazine rings is 1. The molecule has 0 aliphatic carbocycles. The quantitative estimate of drug-likeness (QED) is 0.787. The molecule has 2 aromatic rings. The molecule has 1 aromatic carbocycles.